The zero-order valence-electron chi connectivity index (χ0n) is 9.96. The van der Waals surface area contributed by atoms with Crippen molar-refractivity contribution in [2.75, 3.05) is 17.7 Å². The molecule has 0 unspecified atom stereocenters. The highest BCUT2D eigenvalue weighted by Crippen LogP contribution is 2.25. The lowest BCUT2D eigenvalue weighted by Crippen LogP contribution is -2.02. The minimum atomic E-state index is -0.351. The molecule has 1 aromatic heterocycles. The van der Waals surface area contributed by atoms with Gasteiger partial charge in [-0.05, 0) is 24.6 Å². The molecule has 0 atom stereocenters. The average Bonchev–Trinajstić information content (AvgIpc) is 2.35. The predicted molar refractivity (Wildman–Crippen MR) is 71.0 cm³/mol. The number of halogens is 2. The predicted octanol–water partition coefficient (Wildman–Crippen LogP) is 3.36. The number of hydrogen-bond donors (Lipinski definition) is 2. The van der Waals surface area contributed by atoms with Crippen LogP contribution in [0.1, 0.15) is 5.56 Å². The number of nitrogens with one attached hydrogen (secondary N) is 2. The lowest BCUT2D eigenvalue weighted by molar-refractivity contribution is 0.630. The van der Waals surface area contributed by atoms with Gasteiger partial charge in [0.15, 0.2) is 5.82 Å². The van der Waals surface area contributed by atoms with Crippen LogP contribution in [0.5, 0.6) is 0 Å². The van der Waals surface area contributed by atoms with E-state index in [-0.39, 0.29) is 5.82 Å². The molecule has 0 saturated heterocycles. The Morgan fingerprint density at radius 1 is 1.33 bits per heavy atom. The number of nitrogens with zero attached hydrogens (tertiary/aromatic N) is 2. The maximum atomic E-state index is 13.7. The summed E-state index contributed by atoms with van der Waals surface area (Å²) in [5, 5.41) is 5.96. The van der Waals surface area contributed by atoms with Crippen LogP contribution in [0.15, 0.2) is 24.4 Å². The van der Waals surface area contributed by atoms with Crippen LogP contribution in [0.25, 0.3) is 0 Å². The molecule has 0 amide bonds. The molecule has 2 aromatic rings. The van der Waals surface area contributed by atoms with Crippen molar-refractivity contribution in [2.24, 2.45) is 0 Å². The van der Waals surface area contributed by atoms with E-state index in [4.69, 9.17) is 11.6 Å². The van der Waals surface area contributed by atoms with E-state index in [0.29, 0.717) is 22.5 Å². The number of hydrogen-bond acceptors (Lipinski definition) is 4. The van der Waals surface area contributed by atoms with Crippen LogP contribution in [0.2, 0.25) is 5.02 Å². The largest absolute Gasteiger partial charge is 0.357 e. The van der Waals surface area contributed by atoms with Gasteiger partial charge in [0, 0.05) is 7.05 Å². The molecule has 0 radical (unpaired) electrons. The molecule has 0 aliphatic heterocycles. The summed E-state index contributed by atoms with van der Waals surface area (Å²) in [6.07, 6.45) is 1.45. The Morgan fingerprint density at radius 2 is 2.11 bits per heavy atom. The molecule has 0 saturated carbocycles. The molecule has 6 heteroatoms. The summed E-state index contributed by atoms with van der Waals surface area (Å²) in [6.45, 7) is 1.82. The van der Waals surface area contributed by atoms with Crippen molar-refractivity contribution in [2.45, 2.75) is 6.92 Å². The molecule has 2 N–H and O–H groups in total. The van der Waals surface area contributed by atoms with Crippen molar-refractivity contribution < 1.29 is 4.39 Å². The first kappa shape index (κ1) is 12.6. The summed E-state index contributed by atoms with van der Waals surface area (Å²) < 4.78 is 13.7. The van der Waals surface area contributed by atoms with Gasteiger partial charge in [-0.1, -0.05) is 17.7 Å². The summed E-state index contributed by atoms with van der Waals surface area (Å²) in [5.41, 5.74) is 1.17. The quantitative estimate of drug-likeness (QED) is 0.894. The standard InChI is InChI=1S/C12H12ClFN4/c1-7-3-4-10(9(14)5-7)17-11-8(13)6-16-12(15-2)18-11/h3-6H,1-2H3,(H2,15,16,17,18). The second-order valence-electron chi connectivity index (χ2n) is 3.75. The Kier molecular flexibility index (Phi) is 3.62. The first-order valence-electron chi connectivity index (χ1n) is 5.33. The highest BCUT2D eigenvalue weighted by Gasteiger charge is 2.08. The first-order chi connectivity index (χ1) is 8.60. The molecule has 0 aliphatic carbocycles. The van der Waals surface area contributed by atoms with Crippen molar-refractivity contribution in [3.05, 3.63) is 40.8 Å². The summed E-state index contributed by atoms with van der Waals surface area (Å²) in [7, 11) is 1.69. The van der Waals surface area contributed by atoms with Crippen molar-refractivity contribution in [1.29, 1.82) is 0 Å². The van der Waals surface area contributed by atoms with E-state index in [2.05, 4.69) is 20.6 Å². The minimum Gasteiger partial charge on any atom is -0.357 e. The van der Waals surface area contributed by atoms with Crippen LogP contribution in [0.4, 0.5) is 21.8 Å². The van der Waals surface area contributed by atoms with Gasteiger partial charge in [-0.2, -0.15) is 4.98 Å². The third-order valence-electron chi connectivity index (χ3n) is 2.35. The summed E-state index contributed by atoms with van der Waals surface area (Å²) in [6, 6.07) is 4.89. The van der Waals surface area contributed by atoms with E-state index in [9.17, 15) is 4.39 Å². The Balaban J connectivity index is 2.33. The van der Waals surface area contributed by atoms with Gasteiger partial charge in [0.05, 0.1) is 11.9 Å². The Bertz CT molecular complexity index is 574. The number of benzene rings is 1. The molecular weight excluding hydrogens is 255 g/mol. The van der Waals surface area contributed by atoms with E-state index >= 15 is 0 Å². The van der Waals surface area contributed by atoms with E-state index in [1.165, 1.54) is 12.3 Å². The van der Waals surface area contributed by atoms with Crippen LogP contribution in [-0.4, -0.2) is 17.0 Å². The zero-order valence-corrected chi connectivity index (χ0v) is 10.7. The van der Waals surface area contributed by atoms with Crippen LogP contribution >= 0.6 is 11.6 Å². The third kappa shape index (κ3) is 2.68. The summed E-state index contributed by atoms with van der Waals surface area (Å²) in [4.78, 5) is 8.07. The molecule has 2 rings (SSSR count). The van der Waals surface area contributed by atoms with Gasteiger partial charge in [0.1, 0.15) is 10.8 Å². The maximum absolute atomic E-state index is 13.7. The molecule has 0 fully saturated rings. The fraction of sp³-hybridized carbons (Fsp3) is 0.167. The van der Waals surface area contributed by atoms with Gasteiger partial charge in [-0.15, -0.1) is 0 Å². The van der Waals surface area contributed by atoms with Gasteiger partial charge >= 0.3 is 0 Å². The monoisotopic (exact) mass is 266 g/mol. The van der Waals surface area contributed by atoms with Crippen molar-refractivity contribution in [3.8, 4) is 0 Å². The highest BCUT2D eigenvalue weighted by molar-refractivity contribution is 6.32. The normalized spacial score (nSPS) is 10.2. The molecule has 0 spiro atoms. The fourth-order valence-electron chi connectivity index (χ4n) is 1.42. The van der Waals surface area contributed by atoms with Gasteiger partial charge in [0.25, 0.3) is 0 Å². The van der Waals surface area contributed by atoms with Gasteiger partial charge in [0.2, 0.25) is 5.95 Å². The number of rotatable bonds is 3. The minimum absolute atomic E-state index is 0.322. The SMILES string of the molecule is CNc1ncc(Cl)c(Nc2ccc(C)cc2F)n1. The Hall–Kier alpha value is -1.88. The molecular formula is C12H12ClFN4. The second-order valence-corrected chi connectivity index (χ2v) is 4.16. The van der Waals surface area contributed by atoms with Crippen LogP contribution in [0.3, 0.4) is 0 Å². The van der Waals surface area contributed by atoms with E-state index in [1.54, 1.807) is 19.2 Å². The van der Waals surface area contributed by atoms with E-state index < -0.39 is 0 Å². The lowest BCUT2D eigenvalue weighted by Gasteiger charge is -2.09. The van der Waals surface area contributed by atoms with Gasteiger partial charge in [-0.3, -0.25) is 0 Å². The second kappa shape index (κ2) is 5.18. The van der Waals surface area contributed by atoms with Gasteiger partial charge < -0.3 is 10.6 Å². The zero-order chi connectivity index (χ0) is 13.1. The smallest absolute Gasteiger partial charge is 0.224 e. The highest BCUT2D eigenvalue weighted by atomic mass is 35.5. The maximum Gasteiger partial charge on any atom is 0.224 e. The fourth-order valence-corrected chi connectivity index (χ4v) is 1.56. The van der Waals surface area contributed by atoms with E-state index in [1.807, 2.05) is 6.92 Å². The summed E-state index contributed by atoms with van der Waals surface area (Å²) >= 11 is 5.95. The van der Waals surface area contributed by atoms with Crippen LogP contribution in [0, 0.1) is 12.7 Å². The molecule has 1 heterocycles. The number of anilines is 3. The molecule has 1 aromatic carbocycles. The van der Waals surface area contributed by atoms with Gasteiger partial charge in [-0.25, -0.2) is 9.37 Å². The van der Waals surface area contributed by atoms with E-state index in [0.717, 1.165) is 5.56 Å². The molecule has 0 bridgehead atoms. The Morgan fingerprint density at radius 3 is 2.78 bits per heavy atom. The lowest BCUT2D eigenvalue weighted by atomic mass is 10.2. The average molecular weight is 267 g/mol. The van der Waals surface area contributed by atoms with Crippen molar-refractivity contribution in [3.63, 3.8) is 0 Å². The van der Waals surface area contributed by atoms with Crippen molar-refractivity contribution >= 4 is 29.1 Å². The topological polar surface area (TPSA) is 49.8 Å². The molecule has 0 aliphatic rings. The number of aryl methyl sites for hydroxylation is 1. The molecule has 18 heavy (non-hydrogen) atoms. The molecule has 94 valence electrons. The van der Waals surface area contributed by atoms with Crippen LogP contribution in [-0.2, 0) is 0 Å². The first-order valence-corrected chi connectivity index (χ1v) is 5.71. The Labute approximate surface area is 109 Å². The van der Waals surface area contributed by atoms with Crippen molar-refractivity contribution in [1.82, 2.24) is 9.97 Å². The van der Waals surface area contributed by atoms with Crippen LogP contribution < -0.4 is 10.6 Å². The number of aromatic nitrogens is 2. The molecule has 4 nitrogen and oxygen atoms in total. The summed E-state index contributed by atoms with van der Waals surface area (Å²) in [5.74, 6) is 0.420. The third-order valence-corrected chi connectivity index (χ3v) is 2.62.